The van der Waals surface area contributed by atoms with E-state index >= 15 is 0 Å². The maximum Gasteiger partial charge on any atom is 0.0547 e. The van der Waals surface area contributed by atoms with Gasteiger partial charge in [-0.1, -0.05) is 131 Å². The number of halogens is 1. The van der Waals surface area contributed by atoms with Gasteiger partial charge in [-0.25, -0.2) is 0 Å². The average Bonchev–Trinajstić information content (AvgIpc) is 3.42. The van der Waals surface area contributed by atoms with E-state index in [4.69, 9.17) is 0 Å². The molecule has 1 nitrogen and oxygen atoms in total. The lowest BCUT2D eigenvalue weighted by Crippen LogP contribution is -1.93. The Morgan fingerprint density at radius 2 is 0.818 bits per heavy atom. The first-order chi connectivity index (χ1) is 21.7. The van der Waals surface area contributed by atoms with Gasteiger partial charge in [-0.15, -0.1) is 0 Å². The highest BCUT2D eigenvalue weighted by Gasteiger charge is 2.15. The van der Waals surface area contributed by atoms with Gasteiger partial charge in [-0.05, 0) is 99.1 Å². The summed E-state index contributed by atoms with van der Waals surface area (Å²) in [5, 5.41) is 2.51. The quantitative estimate of drug-likeness (QED) is 0.179. The molecule has 0 radical (unpaired) electrons. The van der Waals surface area contributed by atoms with E-state index in [1.165, 1.54) is 66.3 Å². The van der Waals surface area contributed by atoms with Gasteiger partial charge in [0.2, 0.25) is 0 Å². The summed E-state index contributed by atoms with van der Waals surface area (Å²) in [7, 11) is 0. The van der Waals surface area contributed by atoms with Gasteiger partial charge >= 0.3 is 0 Å². The summed E-state index contributed by atoms with van der Waals surface area (Å²) in [5.41, 5.74) is 13.2. The predicted molar refractivity (Wildman–Crippen MR) is 190 cm³/mol. The van der Waals surface area contributed by atoms with Crippen molar-refractivity contribution in [1.82, 2.24) is 4.57 Å². The van der Waals surface area contributed by atoms with E-state index in [0.717, 1.165) is 10.2 Å². The SMILES string of the molecule is Brc1cc(-c2ccccc2)cc(-c2cccc(-c3ccc4c5cc(-c6ccccc6)ccc5n(-c5ccccc5)c4c3)c2)c1. The molecule has 0 unspecified atom stereocenters. The van der Waals surface area contributed by atoms with E-state index in [1.807, 2.05) is 0 Å². The van der Waals surface area contributed by atoms with Crippen LogP contribution >= 0.6 is 15.9 Å². The molecule has 0 aliphatic heterocycles. The van der Waals surface area contributed by atoms with E-state index in [-0.39, 0.29) is 0 Å². The molecular weight excluding hydrogens is 598 g/mol. The Morgan fingerprint density at radius 1 is 0.318 bits per heavy atom. The van der Waals surface area contributed by atoms with Crippen molar-refractivity contribution in [2.75, 3.05) is 0 Å². The molecule has 0 bridgehead atoms. The molecule has 8 aromatic rings. The lowest BCUT2D eigenvalue weighted by atomic mass is 9.96. The lowest BCUT2D eigenvalue weighted by Gasteiger charge is -2.11. The number of fused-ring (bicyclic) bond motifs is 3. The van der Waals surface area contributed by atoms with E-state index in [9.17, 15) is 0 Å². The third kappa shape index (κ3) is 4.84. The van der Waals surface area contributed by atoms with Gasteiger partial charge in [0.25, 0.3) is 0 Å². The summed E-state index contributed by atoms with van der Waals surface area (Å²) >= 11 is 3.76. The monoisotopic (exact) mass is 625 g/mol. The number of nitrogens with zero attached hydrogens (tertiary/aromatic N) is 1. The zero-order valence-electron chi connectivity index (χ0n) is 24.0. The Morgan fingerprint density at radius 3 is 1.52 bits per heavy atom. The third-order valence-electron chi connectivity index (χ3n) is 8.42. The van der Waals surface area contributed by atoms with Gasteiger partial charge in [-0.2, -0.15) is 0 Å². The van der Waals surface area contributed by atoms with Crippen LogP contribution in [0.1, 0.15) is 0 Å². The lowest BCUT2D eigenvalue weighted by molar-refractivity contribution is 1.18. The number of aromatic nitrogens is 1. The molecule has 2 heteroatoms. The zero-order valence-corrected chi connectivity index (χ0v) is 25.6. The first-order valence-corrected chi connectivity index (χ1v) is 15.7. The highest BCUT2D eigenvalue weighted by molar-refractivity contribution is 9.10. The van der Waals surface area contributed by atoms with E-state index < -0.39 is 0 Å². The van der Waals surface area contributed by atoms with Crippen LogP contribution in [0.25, 0.3) is 72.0 Å². The molecule has 0 N–H and O–H groups in total. The Balaban J connectivity index is 1.28. The van der Waals surface area contributed by atoms with Crippen molar-refractivity contribution >= 4 is 37.7 Å². The van der Waals surface area contributed by atoms with Gasteiger partial charge < -0.3 is 4.57 Å². The summed E-state index contributed by atoms with van der Waals surface area (Å²) < 4.78 is 3.47. The van der Waals surface area contributed by atoms with Gasteiger partial charge in [0.15, 0.2) is 0 Å². The summed E-state index contributed by atoms with van der Waals surface area (Å²) in [4.78, 5) is 0. The average molecular weight is 627 g/mol. The number of hydrogen-bond acceptors (Lipinski definition) is 0. The number of benzene rings is 7. The molecule has 0 fully saturated rings. The first-order valence-electron chi connectivity index (χ1n) is 14.9. The molecular formula is C42H28BrN. The molecule has 0 aliphatic carbocycles. The highest BCUT2D eigenvalue weighted by Crippen LogP contribution is 2.38. The third-order valence-corrected chi connectivity index (χ3v) is 8.88. The van der Waals surface area contributed by atoms with Gasteiger partial charge in [-0.3, -0.25) is 0 Å². The number of hydrogen-bond donors (Lipinski definition) is 0. The van der Waals surface area contributed by atoms with E-state index in [0.29, 0.717) is 0 Å². The zero-order chi connectivity index (χ0) is 29.5. The van der Waals surface area contributed by atoms with Gasteiger partial charge in [0.05, 0.1) is 11.0 Å². The minimum absolute atomic E-state index is 1.07. The van der Waals surface area contributed by atoms with Crippen LogP contribution in [-0.2, 0) is 0 Å². The molecule has 44 heavy (non-hydrogen) atoms. The minimum atomic E-state index is 1.07. The molecule has 0 saturated carbocycles. The standard InChI is InChI=1S/C42H28BrN/c43-37-25-35(30-13-6-2-7-14-30)24-36(26-37)32-16-10-15-31(23-32)34-19-21-39-40-27-33(29-11-4-1-5-12-29)20-22-41(40)44(42(39)28-34)38-17-8-3-9-18-38/h1-28H. The van der Waals surface area contributed by atoms with Crippen molar-refractivity contribution in [3.05, 3.63) is 174 Å². The predicted octanol–water partition coefficient (Wildman–Crippen LogP) is 12.2. The van der Waals surface area contributed by atoms with Gasteiger partial charge in [0.1, 0.15) is 0 Å². The largest absolute Gasteiger partial charge is 0.309 e. The van der Waals surface area contributed by atoms with Gasteiger partial charge in [0, 0.05) is 20.9 Å². The fraction of sp³-hybridized carbons (Fsp3) is 0. The number of rotatable bonds is 5. The minimum Gasteiger partial charge on any atom is -0.309 e. The van der Waals surface area contributed by atoms with E-state index in [2.05, 4.69) is 190 Å². The Kier molecular flexibility index (Phi) is 6.70. The van der Waals surface area contributed by atoms with Crippen molar-refractivity contribution in [2.45, 2.75) is 0 Å². The highest BCUT2D eigenvalue weighted by atomic mass is 79.9. The van der Waals surface area contributed by atoms with Crippen molar-refractivity contribution in [3.8, 4) is 50.2 Å². The fourth-order valence-electron chi connectivity index (χ4n) is 6.30. The van der Waals surface area contributed by atoms with Crippen molar-refractivity contribution in [3.63, 3.8) is 0 Å². The molecule has 0 atom stereocenters. The van der Waals surface area contributed by atoms with Crippen molar-refractivity contribution < 1.29 is 0 Å². The summed E-state index contributed by atoms with van der Waals surface area (Å²) in [6, 6.07) is 61.1. The molecule has 0 aliphatic rings. The van der Waals surface area contributed by atoms with E-state index in [1.54, 1.807) is 0 Å². The van der Waals surface area contributed by atoms with Crippen LogP contribution in [0.3, 0.4) is 0 Å². The van der Waals surface area contributed by atoms with Crippen molar-refractivity contribution in [1.29, 1.82) is 0 Å². The normalized spacial score (nSPS) is 11.3. The smallest absolute Gasteiger partial charge is 0.0547 e. The molecule has 1 aromatic heterocycles. The summed E-state index contributed by atoms with van der Waals surface area (Å²) in [6.45, 7) is 0. The summed E-state index contributed by atoms with van der Waals surface area (Å²) in [5.74, 6) is 0. The van der Waals surface area contributed by atoms with Crippen LogP contribution in [0.2, 0.25) is 0 Å². The summed E-state index contributed by atoms with van der Waals surface area (Å²) in [6.07, 6.45) is 0. The van der Waals surface area contributed by atoms with Crippen LogP contribution in [0, 0.1) is 0 Å². The molecule has 0 spiro atoms. The maximum absolute atomic E-state index is 3.76. The van der Waals surface area contributed by atoms with Crippen LogP contribution in [0.4, 0.5) is 0 Å². The second-order valence-electron chi connectivity index (χ2n) is 11.2. The first kappa shape index (κ1) is 26.4. The Hall–Kier alpha value is -5.18. The molecule has 8 rings (SSSR count). The molecule has 7 aromatic carbocycles. The van der Waals surface area contributed by atoms with Crippen LogP contribution in [-0.4, -0.2) is 4.57 Å². The second kappa shape index (κ2) is 11.1. The van der Waals surface area contributed by atoms with Crippen LogP contribution in [0.5, 0.6) is 0 Å². The second-order valence-corrected chi connectivity index (χ2v) is 12.1. The fourth-order valence-corrected chi connectivity index (χ4v) is 6.79. The maximum atomic E-state index is 3.76. The van der Waals surface area contributed by atoms with Crippen LogP contribution < -0.4 is 0 Å². The Labute approximate surface area is 265 Å². The number of para-hydroxylation sites is 1. The Bertz CT molecular complexity index is 2270. The molecule has 0 saturated heterocycles. The van der Waals surface area contributed by atoms with Crippen LogP contribution in [0.15, 0.2) is 174 Å². The topological polar surface area (TPSA) is 4.93 Å². The molecule has 1 heterocycles. The molecule has 0 amide bonds. The van der Waals surface area contributed by atoms with Crippen molar-refractivity contribution in [2.24, 2.45) is 0 Å². The molecule has 208 valence electrons.